The quantitative estimate of drug-likeness (QED) is 0.0169. The summed E-state index contributed by atoms with van der Waals surface area (Å²) in [7, 11) is -9.93. The number of esters is 4. The smallest absolute Gasteiger partial charge is 0.462 e. The van der Waals surface area contributed by atoms with Gasteiger partial charge in [0.15, 0.2) is 12.2 Å². The lowest BCUT2D eigenvalue weighted by Crippen LogP contribution is -2.30. The van der Waals surface area contributed by atoms with Crippen molar-refractivity contribution in [3.8, 4) is 0 Å². The molecular formula is C78H148O17P2. The number of phosphoric acid groups is 2. The molecule has 0 fully saturated rings. The highest BCUT2D eigenvalue weighted by atomic mass is 31.2. The van der Waals surface area contributed by atoms with E-state index < -0.39 is 97.5 Å². The molecule has 0 aliphatic carbocycles. The Labute approximate surface area is 592 Å². The van der Waals surface area contributed by atoms with E-state index >= 15 is 0 Å². The Morgan fingerprint density at radius 2 is 0.557 bits per heavy atom. The zero-order valence-electron chi connectivity index (χ0n) is 63.0. The first-order chi connectivity index (χ1) is 46.7. The van der Waals surface area contributed by atoms with Crippen LogP contribution in [0.25, 0.3) is 0 Å². The van der Waals surface area contributed by atoms with Crippen molar-refractivity contribution in [3.05, 3.63) is 24.3 Å². The fourth-order valence-corrected chi connectivity index (χ4v) is 13.0. The summed E-state index contributed by atoms with van der Waals surface area (Å²) in [6.07, 6.45) is 57.8. The zero-order chi connectivity index (χ0) is 71.6. The minimum absolute atomic E-state index is 0.100. The summed E-state index contributed by atoms with van der Waals surface area (Å²) >= 11 is 0. The normalized spacial score (nSPS) is 14.2. The van der Waals surface area contributed by atoms with E-state index in [2.05, 4.69) is 72.8 Å². The monoisotopic (exact) mass is 1420 g/mol. The Balaban J connectivity index is 5.27. The fraction of sp³-hybridized carbons (Fsp3) is 0.897. The van der Waals surface area contributed by atoms with Crippen molar-refractivity contribution in [2.24, 2.45) is 17.8 Å². The van der Waals surface area contributed by atoms with Crippen LogP contribution in [0.2, 0.25) is 0 Å². The Bertz CT molecular complexity index is 1980. The maximum atomic E-state index is 13.1. The van der Waals surface area contributed by atoms with Crippen molar-refractivity contribution in [2.75, 3.05) is 39.6 Å². The third-order valence-corrected chi connectivity index (χ3v) is 19.4. The van der Waals surface area contributed by atoms with Crippen molar-refractivity contribution in [1.82, 2.24) is 0 Å². The average Bonchev–Trinajstić information content (AvgIpc) is 1.31. The standard InChI is InChI=1S/C78H148O17P2/c1-8-9-10-11-12-13-14-15-17-21-27-32-37-45-52-59-75(80)88-65-73(94-77(82)61-54-47-38-33-28-22-19-16-18-20-25-30-35-42-49-56-69(2)3)67-92-96(84,85)90-63-72(79)64-91-97(86,87)93-68-74(66-89-76(81)60-53-46-41-40-44-51-58-71(6)7)95-78(83)62-55-48-39-34-29-24-23-26-31-36-43-50-57-70(4)5/h13-15,17,69-74,79H,8-12,16,18-68H2,1-7H3,(H,84,85)(H,86,87)/b14-13-,17-15-/t72-,73-,74-/m1/s1. The van der Waals surface area contributed by atoms with Crippen LogP contribution < -0.4 is 0 Å². The van der Waals surface area contributed by atoms with Gasteiger partial charge in [0.1, 0.15) is 19.3 Å². The van der Waals surface area contributed by atoms with Crippen molar-refractivity contribution < 1.29 is 80.2 Å². The Morgan fingerprint density at radius 1 is 0.320 bits per heavy atom. The number of carbonyl (C=O) groups excluding carboxylic acids is 4. The van der Waals surface area contributed by atoms with Gasteiger partial charge in [0.2, 0.25) is 0 Å². The van der Waals surface area contributed by atoms with Crippen molar-refractivity contribution in [2.45, 2.75) is 394 Å². The average molecular weight is 1420 g/mol. The second-order valence-corrected chi connectivity index (χ2v) is 31.7. The number of carbonyl (C=O) groups is 4. The molecule has 0 saturated heterocycles. The Hall–Kier alpha value is -2.46. The van der Waals surface area contributed by atoms with Crippen molar-refractivity contribution >= 4 is 39.5 Å². The molecule has 0 aliphatic heterocycles. The molecular weight excluding hydrogens is 1270 g/mol. The predicted molar refractivity (Wildman–Crippen MR) is 395 cm³/mol. The molecule has 3 N–H and O–H groups in total. The van der Waals surface area contributed by atoms with Gasteiger partial charge in [0, 0.05) is 25.7 Å². The van der Waals surface area contributed by atoms with E-state index in [1.807, 2.05) is 0 Å². The van der Waals surface area contributed by atoms with Gasteiger partial charge in [-0.25, -0.2) is 9.13 Å². The number of phosphoric ester groups is 2. The lowest BCUT2D eigenvalue weighted by Gasteiger charge is -2.21. The van der Waals surface area contributed by atoms with Gasteiger partial charge < -0.3 is 33.8 Å². The molecule has 0 rings (SSSR count). The highest BCUT2D eigenvalue weighted by Crippen LogP contribution is 2.45. The van der Waals surface area contributed by atoms with E-state index in [4.69, 9.17) is 37.0 Å². The van der Waals surface area contributed by atoms with Crippen LogP contribution in [-0.4, -0.2) is 96.7 Å². The number of hydrogen-bond acceptors (Lipinski definition) is 15. The Kier molecular flexibility index (Phi) is 66.3. The molecule has 0 bridgehead atoms. The van der Waals surface area contributed by atoms with Gasteiger partial charge in [-0.15, -0.1) is 0 Å². The molecule has 97 heavy (non-hydrogen) atoms. The van der Waals surface area contributed by atoms with Crippen LogP contribution in [0, 0.1) is 17.8 Å². The molecule has 0 heterocycles. The number of aliphatic hydroxyl groups is 1. The molecule has 0 radical (unpaired) electrons. The van der Waals surface area contributed by atoms with Crippen LogP contribution in [0.1, 0.15) is 376 Å². The minimum Gasteiger partial charge on any atom is -0.462 e. The van der Waals surface area contributed by atoms with Gasteiger partial charge in [-0.05, 0) is 69.1 Å². The van der Waals surface area contributed by atoms with Crippen LogP contribution in [0.3, 0.4) is 0 Å². The lowest BCUT2D eigenvalue weighted by molar-refractivity contribution is -0.161. The third-order valence-electron chi connectivity index (χ3n) is 17.5. The second-order valence-electron chi connectivity index (χ2n) is 28.8. The summed E-state index contributed by atoms with van der Waals surface area (Å²) in [5.74, 6) is 0.106. The van der Waals surface area contributed by atoms with Gasteiger partial charge >= 0.3 is 39.5 Å². The summed E-state index contributed by atoms with van der Waals surface area (Å²) < 4.78 is 68.5. The summed E-state index contributed by atoms with van der Waals surface area (Å²) in [6, 6.07) is 0. The van der Waals surface area contributed by atoms with Crippen LogP contribution in [0.15, 0.2) is 24.3 Å². The number of ether oxygens (including phenoxy) is 4. The Morgan fingerprint density at radius 3 is 0.835 bits per heavy atom. The maximum absolute atomic E-state index is 13.1. The molecule has 0 saturated carbocycles. The molecule has 0 spiro atoms. The minimum atomic E-state index is -4.97. The van der Waals surface area contributed by atoms with E-state index in [-0.39, 0.29) is 25.7 Å². The maximum Gasteiger partial charge on any atom is 0.472 e. The molecule has 19 heteroatoms. The molecule has 17 nitrogen and oxygen atoms in total. The van der Waals surface area contributed by atoms with Gasteiger partial charge in [-0.2, -0.15) is 0 Å². The largest absolute Gasteiger partial charge is 0.472 e. The number of aliphatic hydroxyl groups excluding tert-OH is 1. The molecule has 0 aromatic heterocycles. The summed E-state index contributed by atoms with van der Waals surface area (Å²) in [4.78, 5) is 72.8. The molecule has 0 aromatic rings. The third kappa shape index (κ3) is 71.7. The molecule has 0 amide bonds. The molecule has 572 valence electrons. The topological polar surface area (TPSA) is 237 Å². The zero-order valence-corrected chi connectivity index (χ0v) is 64.8. The number of allylic oxidation sites excluding steroid dienone is 4. The van der Waals surface area contributed by atoms with Gasteiger partial charge in [-0.1, -0.05) is 323 Å². The molecule has 2 unspecified atom stereocenters. The van der Waals surface area contributed by atoms with E-state index in [1.54, 1.807) is 0 Å². The SMILES string of the molecule is CCCCCC/C=C\C=C/CCCCCCCC(=O)OC[C@H](COP(=O)(O)OC[C@@H](O)COP(=O)(O)OC[C@@H](COC(=O)CCCCCCCCC(C)C)OC(=O)CCCCCCCCCCCCCCC(C)C)OC(=O)CCCCCCCCCCCCCCCCCC(C)C. The van der Waals surface area contributed by atoms with Crippen molar-refractivity contribution in [1.29, 1.82) is 0 Å². The van der Waals surface area contributed by atoms with E-state index in [9.17, 15) is 43.2 Å². The lowest BCUT2D eigenvalue weighted by atomic mass is 10.0. The predicted octanol–water partition coefficient (Wildman–Crippen LogP) is 22.5. The highest BCUT2D eigenvalue weighted by molar-refractivity contribution is 7.47. The number of hydrogen-bond donors (Lipinski definition) is 3. The first-order valence-corrected chi connectivity index (χ1v) is 42.7. The first kappa shape index (κ1) is 94.5. The second kappa shape index (κ2) is 68.0. The van der Waals surface area contributed by atoms with Crippen LogP contribution in [0.4, 0.5) is 0 Å². The van der Waals surface area contributed by atoms with Crippen LogP contribution in [0.5, 0.6) is 0 Å². The summed E-state index contributed by atoms with van der Waals surface area (Å²) in [6.45, 7) is 11.8. The first-order valence-electron chi connectivity index (χ1n) is 39.7. The van der Waals surface area contributed by atoms with Crippen LogP contribution >= 0.6 is 15.6 Å². The molecule has 0 aliphatic rings. The van der Waals surface area contributed by atoms with Gasteiger partial charge in [0.25, 0.3) is 0 Å². The van der Waals surface area contributed by atoms with E-state index in [0.29, 0.717) is 31.6 Å². The summed E-state index contributed by atoms with van der Waals surface area (Å²) in [5, 5.41) is 10.6. The molecule has 0 aromatic carbocycles. The van der Waals surface area contributed by atoms with Gasteiger partial charge in [-0.3, -0.25) is 37.3 Å². The van der Waals surface area contributed by atoms with E-state index in [1.165, 1.54) is 161 Å². The number of unbranched alkanes of at least 4 members (excludes halogenated alkanes) is 39. The fourth-order valence-electron chi connectivity index (χ4n) is 11.4. The number of rotatable bonds is 74. The van der Waals surface area contributed by atoms with E-state index in [0.717, 1.165) is 127 Å². The molecule has 5 atom stereocenters. The van der Waals surface area contributed by atoms with Gasteiger partial charge in [0.05, 0.1) is 26.4 Å². The summed E-state index contributed by atoms with van der Waals surface area (Å²) in [5.41, 5.74) is 0. The van der Waals surface area contributed by atoms with Crippen LogP contribution in [-0.2, 0) is 65.4 Å². The highest BCUT2D eigenvalue weighted by Gasteiger charge is 2.30. The van der Waals surface area contributed by atoms with Crippen molar-refractivity contribution in [3.63, 3.8) is 0 Å².